The molecule has 0 aliphatic heterocycles. The summed E-state index contributed by atoms with van der Waals surface area (Å²) in [4.78, 5) is 8.57. The summed E-state index contributed by atoms with van der Waals surface area (Å²) in [5.41, 5.74) is 3.32. The second-order valence-corrected chi connectivity index (χ2v) is 6.78. The summed E-state index contributed by atoms with van der Waals surface area (Å²) in [6, 6.07) is 12.0. The van der Waals surface area contributed by atoms with E-state index in [2.05, 4.69) is 44.6 Å². The Balaban J connectivity index is 1.74. The Morgan fingerprint density at radius 2 is 1.93 bits per heavy atom. The van der Waals surface area contributed by atoms with E-state index in [0.29, 0.717) is 24.1 Å². The van der Waals surface area contributed by atoms with Crippen molar-refractivity contribution in [3.8, 4) is 11.4 Å². The minimum absolute atomic E-state index is 0.349. The number of rotatable bonds is 8. The normalized spacial score (nSPS) is 11.1. The van der Waals surface area contributed by atoms with Crippen LogP contribution in [0.4, 0.5) is 11.5 Å². The monoisotopic (exact) mass is 388 g/mol. The molecule has 0 spiro atoms. The van der Waals surface area contributed by atoms with E-state index in [1.54, 1.807) is 23.1 Å². The molecule has 0 fully saturated rings. The van der Waals surface area contributed by atoms with E-state index in [1.807, 2.05) is 36.4 Å². The number of hydrogen-bond donors (Lipinski definition) is 2. The van der Waals surface area contributed by atoms with Gasteiger partial charge in [0.15, 0.2) is 5.82 Å². The summed E-state index contributed by atoms with van der Waals surface area (Å²) in [5.74, 6) is 1.43. The molecule has 0 aliphatic carbocycles. The smallest absolute Gasteiger partial charge is 0.201 e. The summed E-state index contributed by atoms with van der Waals surface area (Å²) in [5, 5.41) is 20.5. The third kappa shape index (κ3) is 4.16. The van der Waals surface area contributed by atoms with Gasteiger partial charge in [-0.3, -0.25) is 9.97 Å². The quantitative estimate of drug-likeness (QED) is 0.474. The fraction of sp³-hybridized carbons (Fsp3) is 0.286. The average Bonchev–Trinajstić information content (AvgIpc) is 3.21. The van der Waals surface area contributed by atoms with Crippen LogP contribution in [0.25, 0.3) is 17.0 Å². The highest BCUT2D eigenvalue weighted by atomic mass is 15.4. The summed E-state index contributed by atoms with van der Waals surface area (Å²) >= 11 is 0. The lowest BCUT2D eigenvalue weighted by Crippen LogP contribution is -2.19. The zero-order valence-corrected chi connectivity index (χ0v) is 16.6. The third-order valence-corrected chi connectivity index (χ3v) is 4.81. The van der Waals surface area contributed by atoms with Gasteiger partial charge in [-0.25, -0.2) is 0 Å². The largest absolute Gasteiger partial charge is 0.376 e. The fourth-order valence-electron chi connectivity index (χ4n) is 3.15. The molecule has 4 heterocycles. The molecule has 0 aliphatic rings. The van der Waals surface area contributed by atoms with Gasteiger partial charge in [0.1, 0.15) is 5.82 Å². The first kappa shape index (κ1) is 18.8. The van der Waals surface area contributed by atoms with Crippen LogP contribution >= 0.6 is 0 Å². The second kappa shape index (κ2) is 8.64. The van der Waals surface area contributed by atoms with Gasteiger partial charge in [0.2, 0.25) is 5.65 Å². The van der Waals surface area contributed by atoms with Crippen LogP contribution in [0, 0.1) is 0 Å². The number of nitrogens with one attached hydrogen (secondary N) is 2. The summed E-state index contributed by atoms with van der Waals surface area (Å²) in [7, 11) is 0. The van der Waals surface area contributed by atoms with E-state index in [1.165, 1.54) is 0 Å². The highest BCUT2D eigenvalue weighted by Crippen LogP contribution is 2.24. The topological polar surface area (TPSA) is 92.9 Å². The van der Waals surface area contributed by atoms with Crippen molar-refractivity contribution in [3.05, 3.63) is 60.7 Å². The molecule has 29 heavy (non-hydrogen) atoms. The zero-order valence-electron chi connectivity index (χ0n) is 16.6. The second-order valence-electron chi connectivity index (χ2n) is 6.78. The van der Waals surface area contributed by atoms with Crippen molar-refractivity contribution in [1.29, 1.82) is 0 Å². The van der Waals surface area contributed by atoms with Crippen LogP contribution in [0.15, 0.2) is 55.0 Å². The molecular weight excluding hydrogens is 364 g/mol. The number of hydrogen-bond acceptors (Lipinski definition) is 7. The maximum atomic E-state index is 4.76. The van der Waals surface area contributed by atoms with Crippen LogP contribution in [0.1, 0.15) is 32.4 Å². The number of anilines is 2. The molecular formula is C21H24N8. The molecule has 0 aromatic carbocycles. The zero-order chi connectivity index (χ0) is 20.1. The fourth-order valence-corrected chi connectivity index (χ4v) is 3.15. The van der Waals surface area contributed by atoms with E-state index >= 15 is 0 Å². The molecule has 0 unspecified atom stereocenters. The van der Waals surface area contributed by atoms with Crippen LogP contribution in [0.3, 0.4) is 0 Å². The summed E-state index contributed by atoms with van der Waals surface area (Å²) < 4.78 is 1.77. The maximum Gasteiger partial charge on any atom is 0.201 e. The molecule has 0 atom stereocenters. The van der Waals surface area contributed by atoms with Crippen LogP contribution in [-0.4, -0.2) is 35.8 Å². The van der Waals surface area contributed by atoms with Crippen molar-refractivity contribution >= 4 is 17.2 Å². The van der Waals surface area contributed by atoms with E-state index in [-0.39, 0.29) is 0 Å². The Labute approximate surface area is 169 Å². The highest BCUT2D eigenvalue weighted by Gasteiger charge is 2.16. The van der Waals surface area contributed by atoms with E-state index in [9.17, 15) is 0 Å². The number of aromatic nitrogens is 6. The van der Waals surface area contributed by atoms with Crippen molar-refractivity contribution in [3.63, 3.8) is 0 Å². The van der Waals surface area contributed by atoms with Gasteiger partial charge in [0.05, 0.1) is 17.9 Å². The van der Waals surface area contributed by atoms with Gasteiger partial charge >= 0.3 is 0 Å². The van der Waals surface area contributed by atoms with Gasteiger partial charge in [0.25, 0.3) is 0 Å². The molecule has 8 heteroatoms. The van der Waals surface area contributed by atoms with Gasteiger partial charge in [-0.1, -0.05) is 19.9 Å². The molecule has 0 amide bonds. The van der Waals surface area contributed by atoms with Crippen LogP contribution < -0.4 is 10.6 Å². The van der Waals surface area contributed by atoms with Gasteiger partial charge in [-0.15, -0.1) is 15.3 Å². The van der Waals surface area contributed by atoms with E-state index in [4.69, 9.17) is 5.10 Å². The first-order chi connectivity index (χ1) is 14.3. The molecule has 0 radical (unpaired) electrons. The van der Waals surface area contributed by atoms with Crippen LogP contribution in [-0.2, 0) is 6.54 Å². The Bertz CT molecular complexity index is 1060. The maximum absolute atomic E-state index is 4.76. The predicted molar refractivity (Wildman–Crippen MR) is 114 cm³/mol. The van der Waals surface area contributed by atoms with Crippen LogP contribution in [0.5, 0.6) is 0 Å². The number of fused-ring (bicyclic) bond motifs is 1. The first-order valence-corrected chi connectivity index (χ1v) is 9.85. The van der Waals surface area contributed by atoms with E-state index < -0.39 is 0 Å². The van der Waals surface area contributed by atoms with Gasteiger partial charge in [-0.05, 0) is 37.1 Å². The van der Waals surface area contributed by atoms with Crippen molar-refractivity contribution in [2.24, 2.45) is 0 Å². The lowest BCUT2D eigenvalue weighted by atomic mass is 10.2. The SMILES string of the molecule is CCC(CC)Nc1cc(NCc2ccccn2)c2nnc(-c3cccnc3)n2n1. The van der Waals surface area contributed by atoms with Gasteiger partial charge < -0.3 is 10.6 Å². The van der Waals surface area contributed by atoms with Crippen molar-refractivity contribution in [2.45, 2.75) is 39.3 Å². The molecule has 0 saturated carbocycles. The Morgan fingerprint density at radius 1 is 1.03 bits per heavy atom. The molecule has 2 N–H and O–H groups in total. The third-order valence-electron chi connectivity index (χ3n) is 4.81. The minimum atomic E-state index is 0.349. The molecule has 0 bridgehead atoms. The Kier molecular flexibility index (Phi) is 5.60. The van der Waals surface area contributed by atoms with E-state index in [0.717, 1.165) is 35.6 Å². The number of pyridine rings is 2. The van der Waals surface area contributed by atoms with Crippen molar-refractivity contribution in [2.75, 3.05) is 10.6 Å². The lowest BCUT2D eigenvalue weighted by molar-refractivity contribution is 0.665. The summed E-state index contributed by atoms with van der Waals surface area (Å²) in [6.45, 7) is 4.92. The van der Waals surface area contributed by atoms with Gasteiger partial charge in [-0.2, -0.15) is 4.52 Å². The number of nitrogens with zero attached hydrogens (tertiary/aromatic N) is 6. The molecule has 0 saturated heterocycles. The highest BCUT2D eigenvalue weighted by molar-refractivity contribution is 5.73. The molecule has 148 valence electrons. The molecule has 4 aromatic rings. The molecule has 8 nitrogen and oxygen atoms in total. The average molecular weight is 388 g/mol. The van der Waals surface area contributed by atoms with Crippen molar-refractivity contribution in [1.82, 2.24) is 29.8 Å². The van der Waals surface area contributed by atoms with Crippen LogP contribution in [0.2, 0.25) is 0 Å². The minimum Gasteiger partial charge on any atom is -0.376 e. The molecule has 4 rings (SSSR count). The predicted octanol–water partition coefficient (Wildman–Crippen LogP) is 3.79. The first-order valence-electron chi connectivity index (χ1n) is 9.85. The lowest BCUT2D eigenvalue weighted by Gasteiger charge is -2.17. The standard InChI is InChI=1S/C21H24N8/c1-3-16(4-2)25-19-12-18(24-14-17-9-5-6-11-23-17)21-27-26-20(29(21)28-19)15-8-7-10-22-13-15/h5-13,16,24H,3-4,14H2,1-2H3,(H,25,28). The van der Waals surface area contributed by atoms with Gasteiger partial charge in [0, 0.05) is 36.3 Å². The summed E-state index contributed by atoms with van der Waals surface area (Å²) in [6.07, 6.45) is 7.33. The Hall–Kier alpha value is -3.55. The Morgan fingerprint density at radius 3 is 2.66 bits per heavy atom. The molecule has 4 aromatic heterocycles. The van der Waals surface area contributed by atoms with Crippen molar-refractivity contribution < 1.29 is 0 Å².